The van der Waals surface area contributed by atoms with Gasteiger partial charge in [-0.1, -0.05) is 19.9 Å². The van der Waals surface area contributed by atoms with Gasteiger partial charge in [-0.3, -0.25) is 9.59 Å². The molecule has 8 heteroatoms. The van der Waals surface area contributed by atoms with Crippen molar-refractivity contribution < 1.29 is 23.9 Å². The average molecular weight is 431 g/mol. The van der Waals surface area contributed by atoms with Crippen LogP contribution in [0.4, 0.5) is 5.00 Å². The third-order valence-corrected chi connectivity index (χ3v) is 5.87. The lowest BCUT2D eigenvalue weighted by Crippen LogP contribution is -2.23. The lowest BCUT2D eigenvalue weighted by atomic mass is 9.95. The van der Waals surface area contributed by atoms with Gasteiger partial charge in [-0.15, -0.1) is 11.3 Å². The van der Waals surface area contributed by atoms with Crippen molar-refractivity contribution in [2.45, 2.75) is 39.5 Å². The Morgan fingerprint density at radius 2 is 1.97 bits per heavy atom. The maximum absolute atomic E-state index is 12.3. The lowest BCUT2D eigenvalue weighted by Gasteiger charge is -2.11. The van der Waals surface area contributed by atoms with E-state index >= 15 is 0 Å². The van der Waals surface area contributed by atoms with Crippen LogP contribution in [0.15, 0.2) is 24.3 Å². The minimum Gasteiger partial charge on any atom is -0.493 e. The molecule has 1 heterocycles. The van der Waals surface area contributed by atoms with Crippen LogP contribution in [0, 0.1) is 5.92 Å². The first-order chi connectivity index (χ1) is 14.3. The average Bonchev–Trinajstić information content (AvgIpc) is 3.08. The van der Waals surface area contributed by atoms with Crippen molar-refractivity contribution in [2.75, 3.05) is 18.5 Å². The van der Waals surface area contributed by atoms with Crippen LogP contribution >= 0.6 is 11.3 Å². The molecule has 0 spiro atoms. The number of fused-ring (bicyclic) bond motifs is 1. The summed E-state index contributed by atoms with van der Waals surface area (Å²) >= 11 is 1.37. The predicted molar refractivity (Wildman–Crippen MR) is 115 cm³/mol. The number of hydrogen-bond acceptors (Lipinski definition) is 6. The Morgan fingerprint density at radius 3 is 2.70 bits per heavy atom. The highest BCUT2D eigenvalue weighted by molar-refractivity contribution is 7.17. The van der Waals surface area contributed by atoms with Crippen molar-refractivity contribution in [1.82, 2.24) is 0 Å². The third-order valence-electron chi connectivity index (χ3n) is 4.66. The van der Waals surface area contributed by atoms with Gasteiger partial charge in [0, 0.05) is 4.88 Å². The second-order valence-corrected chi connectivity index (χ2v) is 8.74. The van der Waals surface area contributed by atoms with Crippen LogP contribution in [-0.4, -0.2) is 31.0 Å². The number of rotatable bonds is 8. The Hall–Kier alpha value is -2.87. The van der Waals surface area contributed by atoms with Gasteiger partial charge in [0.05, 0.1) is 17.7 Å². The van der Waals surface area contributed by atoms with Gasteiger partial charge in [-0.05, 0) is 55.4 Å². The van der Waals surface area contributed by atoms with E-state index in [1.165, 1.54) is 11.3 Å². The fraction of sp³-hybridized carbons (Fsp3) is 0.409. The molecule has 1 aliphatic carbocycles. The first kappa shape index (κ1) is 21.8. The van der Waals surface area contributed by atoms with E-state index in [1.54, 1.807) is 24.3 Å². The molecule has 3 N–H and O–H groups in total. The van der Waals surface area contributed by atoms with Crippen LogP contribution in [0.5, 0.6) is 5.75 Å². The van der Waals surface area contributed by atoms with Gasteiger partial charge in [0.15, 0.2) is 6.61 Å². The zero-order chi connectivity index (χ0) is 21.7. The van der Waals surface area contributed by atoms with Crippen LogP contribution in [-0.2, 0) is 22.4 Å². The Balaban J connectivity index is 1.60. The number of aryl methyl sites for hydroxylation is 1. The van der Waals surface area contributed by atoms with Crippen LogP contribution in [0.1, 0.15) is 57.8 Å². The van der Waals surface area contributed by atoms with Gasteiger partial charge in [0.25, 0.3) is 11.8 Å². The summed E-state index contributed by atoms with van der Waals surface area (Å²) in [6, 6.07) is 6.64. The third kappa shape index (κ3) is 5.38. The van der Waals surface area contributed by atoms with E-state index in [4.69, 9.17) is 15.2 Å². The van der Waals surface area contributed by atoms with Crippen molar-refractivity contribution in [1.29, 1.82) is 0 Å². The molecule has 0 saturated carbocycles. The van der Waals surface area contributed by atoms with Crippen molar-refractivity contribution in [3.63, 3.8) is 0 Å². The summed E-state index contributed by atoms with van der Waals surface area (Å²) in [4.78, 5) is 37.6. The van der Waals surface area contributed by atoms with Gasteiger partial charge < -0.3 is 20.5 Å². The zero-order valence-electron chi connectivity index (χ0n) is 17.2. The number of thiophene rings is 1. The number of benzene rings is 1. The summed E-state index contributed by atoms with van der Waals surface area (Å²) in [7, 11) is 0. The highest BCUT2D eigenvalue weighted by atomic mass is 32.1. The second kappa shape index (κ2) is 9.75. The molecule has 0 atom stereocenters. The number of ether oxygens (including phenoxy) is 2. The normalized spacial score (nSPS) is 12.9. The Kier molecular flexibility index (Phi) is 7.10. The topological polar surface area (TPSA) is 108 Å². The quantitative estimate of drug-likeness (QED) is 0.623. The summed E-state index contributed by atoms with van der Waals surface area (Å²) in [6.07, 6.45) is 3.70. The molecule has 2 aromatic rings. The predicted octanol–water partition coefficient (Wildman–Crippen LogP) is 3.56. The molecule has 1 aliphatic rings. The van der Waals surface area contributed by atoms with Gasteiger partial charge in [0.1, 0.15) is 10.8 Å². The molecule has 30 heavy (non-hydrogen) atoms. The summed E-state index contributed by atoms with van der Waals surface area (Å²) in [5.74, 6) is -0.771. The van der Waals surface area contributed by atoms with E-state index < -0.39 is 24.4 Å². The lowest BCUT2D eigenvalue weighted by molar-refractivity contribution is -0.119. The minimum absolute atomic E-state index is 0.300. The van der Waals surface area contributed by atoms with Gasteiger partial charge in [0.2, 0.25) is 0 Å². The Labute approximate surface area is 179 Å². The SMILES string of the molecule is CC(C)COc1cccc(C(=O)OCC(=O)Nc2sc3c(c2C(N)=O)CCCC3)c1. The van der Waals surface area contributed by atoms with Crippen LogP contribution in [0.25, 0.3) is 0 Å². The van der Waals surface area contributed by atoms with E-state index in [0.29, 0.717) is 34.4 Å². The largest absolute Gasteiger partial charge is 0.493 e. The summed E-state index contributed by atoms with van der Waals surface area (Å²) in [6.45, 7) is 4.14. The molecule has 0 saturated heterocycles. The first-order valence-corrected chi connectivity index (χ1v) is 10.8. The molecular formula is C22H26N2O5S. The first-order valence-electron chi connectivity index (χ1n) is 9.99. The number of hydrogen-bond donors (Lipinski definition) is 2. The van der Waals surface area contributed by atoms with Gasteiger partial charge in [-0.25, -0.2) is 4.79 Å². The summed E-state index contributed by atoms with van der Waals surface area (Å²) < 4.78 is 10.7. The van der Waals surface area contributed by atoms with E-state index in [0.717, 1.165) is 36.1 Å². The number of carbonyl (C=O) groups excluding carboxylic acids is 3. The molecule has 0 fully saturated rings. The summed E-state index contributed by atoms with van der Waals surface area (Å²) in [5, 5.41) is 3.11. The number of carbonyl (C=O) groups is 3. The number of nitrogens with two attached hydrogens (primary N) is 1. The van der Waals surface area contributed by atoms with Crippen molar-refractivity contribution >= 4 is 34.1 Å². The Morgan fingerprint density at radius 1 is 1.20 bits per heavy atom. The second-order valence-electron chi connectivity index (χ2n) is 7.64. The Bertz CT molecular complexity index is 951. The van der Waals surface area contributed by atoms with Crippen molar-refractivity contribution in [3.8, 4) is 5.75 Å². The molecule has 1 aromatic carbocycles. The highest BCUT2D eigenvalue weighted by Gasteiger charge is 2.25. The standard InChI is InChI=1S/C22H26N2O5S/c1-13(2)11-28-15-7-5-6-14(10-15)22(27)29-12-18(25)24-21-19(20(23)26)16-8-3-4-9-17(16)30-21/h5-7,10,13H,3-4,8-9,11-12H2,1-2H3,(H2,23,26)(H,24,25). The number of anilines is 1. The zero-order valence-corrected chi connectivity index (χ0v) is 18.0. The molecule has 7 nitrogen and oxygen atoms in total. The number of primary amides is 1. The monoisotopic (exact) mass is 430 g/mol. The molecule has 1 aromatic heterocycles. The minimum atomic E-state index is -0.624. The fourth-order valence-corrected chi connectivity index (χ4v) is 4.58. The van der Waals surface area contributed by atoms with Crippen LogP contribution < -0.4 is 15.8 Å². The highest BCUT2D eigenvalue weighted by Crippen LogP contribution is 2.37. The maximum Gasteiger partial charge on any atom is 0.338 e. The molecular weight excluding hydrogens is 404 g/mol. The molecule has 0 bridgehead atoms. The maximum atomic E-state index is 12.3. The van der Waals surface area contributed by atoms with Crippen molar-refractivity contribution in [2.24, 2.45) is 11.7 Å². The van der Waals surface area contributed by atoms with E-state index in [-0.39, 0.29) is 0 Å². The molecule has 0 radical (unpaired) electrons. The van der Waals surface area contributed by atoms with E-state index in [1.807, 2.05) is 13.8 Å². The molecule has 0 aliphatic heterocycles. The smallest absolute Gasteiger partial charge is 0.338 e. The van der Waals surface area contributed by atoms with Gasteiger partial charge in [-0.2, -0.15) is 0 Å². The molecule has 3 rings (SSSR count). The number of esters is 1. The fourth-order valence-electron chi connectivity index (χ4n) is 3.27. The molecule has 0 unspecified atom stereocenters. The number of amides is 2. The van der Waals surface area contributed by atoms with E-state index in [2.05, 4.69) is 5.32 Å². The van der Waals surface area contributed by atoms with E-state index in [9.17, 15) is 14.4 Å². The summed E-state index contributed by atoms with van der Waals surface area (Å²) in [5.41, 5.74) is 7.15. The molecule has 2 amide bonds. The van der Waals surface area contributed by atoms with Crippen LogP contribution in [0.3, 0.4) is 0 Å². The number of nitrogens with one attached hydrogen (secondary N) is 1. The van der Waals surface area contributed by atoms with Crippen LogP contribution in [0.2, 0.25) is 0 Å². The van der Waals surface area contributed by atoms with Crippen molar-refractivity contribution in [3.05, 3.63) is 45.8 Å². The molecule has 160 valence electrons. The van der Waals surface area contributed by atoms with Gasteiger partial charge >= 0.3 is 5.97 Å².